The molecule has 0 aliphatic heterocycles. The Bertz CT molecular complexity index is 1080. The molecule has 166 valence electrons. The van der Waals surface area contributed by atoms with Gasteiger partial charge in [-0.3, -0.25) is 23.7 Å². The van der Waals surface area contributed by atoms with Gasteiger partial charge in [-0.15, -0.1) is 0 Å². The summed E-state index contributed by atoms with van der Waals surface area (Å²) >= 11 is 3.32. The van der Waals surface area contributed by atoms with E-state index in [1.54, 1.807) is 24.3 Å². The maximum absolute atomic E-state index is 12.9. The Hall–Kier alpha value is -3.34. The molecule has 1 heterocycles. The number of nitrogens with zero attached hydrogens (tertiary/aromatic N) is 1. The molecule has 2 aromatic rings. The second kappa shape index (κ2) is 10.1. The maximum atomic E-state index is 12.9. The van der Waals surface area contributed by atoms with Crippen LogP contribution in [-0.2, 0) is 11.3 Å². The minimum Gasteiger partial charge on any atom is -0.506 e. The monoisotopic (exact) mass is 495 g/mol. The summed E-state index contributed by atoms with van der Waals surface area (Å²) in [7, 11) is 0. The van der Waals surface area contributed by atoms with Crippen LogP contribution in [0.25, 0.3) is 0 Å². The zero-order valence-corrected chi connectivity index (χ0v) is 18.4. The predicted molar refractivity (Wildman–Crippen MR) is 114 cm³/mol. The Morgan fingerprint density at radius 3 is 2.26 bits per heavy atom. The van der Waals surface area contributed by atoms with Crippen LogP contribution in [0.4, 0.5) is 0 Å². The lowest BCUT2D eigenvalue weighted by Gasteiger charge is -2.17. The van der Waals surface area contributed by atoms with Gasteiger partial charge < -0.3 is 26.0 Å². The number of carboxylic acids is 1. The van der Waals surface area contributed by atoms with Crippen LogP contribution in [0.3, 0.4) is 0 Å². The molecule has 0 unspecified atom stereocenters. The van der Waals surface area contributed by atoms with E-state index in [0.717, 1.165) is 4.57 Å². The minimum atomic E-state index is -1.37. The van der Waals surface area contributed by atoms with E-state index in [1.807, 2.05) is 19.2 Å². The smallest absolute Gasteiger partial charge is 0.322 e. The van der Waals surface area contributed by atoms with Crippen molar-refractivity contribution in [3.05, 3.63) is 55.8 Å². The van der Waals surface area contributed by atoms with E-state index in [0.29, 0.717) is 10.0 Å². The average Bonchev–Trinajstić information content (AvgIpc) is 2.69. The van der Waals surface area contributed by atoms with Gasteiger partial charge >= 0.3 is 5.97 Å². The SMILES string of the molecule is CC(C)CNC(=O)c1c(O)c(C(=O)NCC(=O)O)c(=O)n(Cc2ccccc2Br)c1O. The number of hydrogen-bond acceptors (Lipinski definition) is 6. The van der Waals surface area contributed by atoms with Crippen molar-refractivity contribution in [1.29, 1.82) is 0 Å². The predicted octanol–water partition coefficient (Wildman–Crippen LogP) is 1.27. The molecule has 0 bridgehead atoms. The van der Waals surface area contributed by atoms with Gasteiger partial charge in [0.25, 0.3) is 17.4 Å². The lowest BCUT2D eigenvalue weighted by Crippen LogP contribution is -2.37. The quantitative estimate of drug-likeness (QED) is 0.368. The molecule has 10 nitrogen and oxygen atoms in total. The van der Waals surface area contributed by atoms with E-state index >= 15 is 0 Å². The van der Waals surface area contributed by atoms with Gasteiger partial charge in [0.15, 0.2) is 5.75 Å². The molecule has 0 saturated carbocycles. The van der Waals surface area contributed by atoms with Crippen LogP contribution in [0.5, 0.6) is 11.6 Å². The van der Waals surface area contributed by atoms with Crippen molar-refractivity contribution < 1.29 is 29.7 Å². The standard InChI is InChI=1S/C20H22BrN3O7/c1-10(2)7-22-17(28)14-16(27)15(18(29)23-8-13(25)26)20(31)24(19(14)30)9-11-5-3-4-6-12(11)21/h3-6,10,27,30H,7-9H2,1-2H3,(H,22,28)(H,23,29)(H,25,26). The van der Waals surface area contributed by atoms with Crippen LogP contribution >= 0.6 is 15.9 Å². The third-order valence-electron chi connectivity index (χ3n) is 4.22. The first-order valence-electron chi connectivity index (χ1n) is 9.24. The molecule has 2 rings (SSSR count). The Labute approximate surface area is 185 Å². The third-order valence-corrected chi connectivity index (χ3v) is 5.00. The fourth-order valence-electron chi connectivity index (χ4n) is 2.69. The normalized spacial score (nSPS) is 10.7. The van der Waals surface area contributed by atoms with Crippen molar-refractivity contribution in [3.63, 3.8) is 0 Å². The molecule has 0 fully saturated rings. The van der Waals surface area contributed by atoms with Crippen LogP contribution in [0, 0.1) is 5.92 Å². The van der Waals surface area contributed by atoms with Gasteiger partial charge in [-0.05, 0) is 17.5 Å². The molecule has 1 aromatic heterocycles. The van der Waals surface area contributed by atoms with E-state index in [2.05, 4.69) is 21.2 Å². The van der Waals surface area contributed by atoms with Crippen LogP contribution in [0.15, 0.2) is 33.5 Å². The number of halogens is 1. The van der Waals surface area contributed by atoms with Crippen LogP contribution in [0.1, 0.15) is 40.1 Å². The summed E-state index contributed by atoms with van der Waals surface area (Å²) < 4.78 is 1.37. The number of pyridine rings is 1. The van der Waals surface area contributed by atoms with Crippen molar-refractivity contribution in [3.8, 4) is 11.6 Å². The van der Waals surface area contributed by atoms with Gasteiger partial charge in [-0.25, -0.2) is 0 Å². The number of amides is 2. The Morgan fingerprint density at radius 2 is 1.68 bits per heavy atom. The number of nitrogens with one attached hydrogen (secondary N) is 2. The molecule has 11 heteroatoms. The van der Waals surface area contributed by atoms with E-state index in [9.17, 15) is 29.4 Å². The molecule has 2 amide bonds. The Kier molecular flexibility index (Phi) is 7.81. The number of aromatic hydroxyl groups is 2. The minimum absolute atomic E-state index is 0.0535. The zero-order chi connectivity index (χ0) is 23.3. The number of carbonyl (C=O) groups is 3. The Balaban J connectivity index is 2.66. The van der Waals surface area contributed by atoms with Crippen LogP contribution in [0.2, 0.25) is 0 Å². The molecule has 0 radical (unpaired) electrons. The summed E-state index contributed by atoms with van der Waals surface area (Å²) in [5, 5.41) is 34.4. The lowest BCUT2D eigenvalue weighted by molar-refractivity contribution is -0.135. The molecule has 0 saturated heterocycles. The number of benzene rings is 1. The van der Waals surface area contributed by atoms with Crippen LogP contribution in [-0.4, -0.2) is 50.8 Å². The number of carbonyl (C=O) groups excluding carboxylic acids is 2. The van der Waals surface area contributed by atoms with Crippen molar-refractivity contribution >= 4 is 33.7 Å². The maximum Gasteiger partial charge on any atom is 0.322 e. The summed E-state index contributed by atoms with van der Waals surface area (Å²) in [4.78, 5) is 48.8. The number of rotatable bonds is 8. The molecule has 5 N–H and O–H groups in total. The zero-order valence-electron chi connectivity index (χ0n) is 16.8. The molecule has 0 aliphatic rings. The topological polar surface area (TPSA) is 158 Å². The fraction of sp³-hybridized carbons (Fsp3) is 0.300. The van der Waals surface area contributed by atoms with E-state index in [-0.39, 0.29) is 19.0 Å². The van der Waals surface area contributed by atoms with Gasteiger partial charge in [-0.2, -0.15) is 0 Å². The van der Waals surface area contributed by atoms with E-state index in [1.165, 1.54) is 0 Å². The van der Waals surface area contributed by atoms with Gasteiger partial charge in [0.05, 0.1) is 6.54 Å². The molecule has 0 aliphatic carbocycles. The highest BCUT2D eigenvalue weighted by molar-refractivity contribution is 9.10. The number of aromatic nitrogens is 1. The van der Waals surface area contributed by atoms with Gasteiger partial charge in [0.2, 0.25) is 5.88 Å². The molecular formula is C20H22BrN3O7. The van der Waals surface area contributed by atoms with Gasteiger partial charge in [0.1, 0.15) is 17.7 Å². The summed E-state index contributed by atoms with van der Waals surface area (Å²) in [6.45, 7) is 2.84. The number of carboxylic acid groups (broad SMARTS) is 1. The Morgan fingerprint density at radius 1 is 1.06 bits per heavy atom. The molecule has 31 heavy (non-hydrogen) atoms. The average molecular weight is 496 g/mol. The summed E-state index contributed by atoms with van der Waals surface area (Å²) in [6, 6.07) is 6.79. The first-order chi connectivity index (χ1) is 14.5. The van der Waals surface area contributed by atoms with Crippen molar-refractivity contribution in [2.75, 3.05) is 13.1 Å². The molecule has 0 spiro atoms. The van der Waals surface area contributed by atoms with Crippen molar-refractivity contribution in [1.82, 2.24) is 15.2 Å². The summed E-state index contributed by atoms with van der Waals surface area (Å²) in [5.41, 5.74) is -2.04. The number of aliphatic carboxylic acids is 1. The molecule has 1 aromatic carbocycles. The first kappa shape index (κ1) is 23.9. The summed E-state index contributed by atoms with van der Waals surface area (Å²) in [5.74, 6) is -5.25. The fourth-order valence-corrected chi connectivity index (χ4v) is 3.10. The second-order valence-electron chi connectivity index (χ2n) is 7.09. The van der Waals surface area contributed by atoms with Crippen molar-refractivity contribution in [2.45, 2.75) is 20.4 Å². The van der Waals surface area contributed by atoms with E-state index in [4.69, 9.17) is 5.11 Å². The van der Waals surface area contributed by atoms with Gasteiger partial charge in [-0.1, -0.05) is 48.0 Å². The van der Waals surface area contributed by atoms with Crippen LogP contribution < -0.4 is 16.2 Å². The second-order valence-corrected chi connectivity index (χ2v) is 7.94. The third kappa shape index (κ3) is 5.63. The van der Waals surface area contributed by atoms with Crippen molar-refractivity contribution in [2.24, 2.45) is 5.92 Å². The van der Waals surface area contributed by atoms with E-state index < -0.39 is 52.6 Å². The lowest BCUT2D eigenvalue weighted by atomic mass is 10.1. The van der Waals surface area contributed by atoms with Gasteiger partial charge in [0, 0.05) is 11.0 Å². The summed E-state index contributed by atoms with van der Waals surface area (Å²) in [6.07, 6.45) is 0. The highest BCUT2D eigenvalue weighted by Gasteiger charge is 2.30. The molecular weight excluding hydrogens is 474 g/mol. The largest absolute Gasteiger partial charge is 0.506 e. The molecule has 0 atom stereocenters. The number of hydrogen-bond donors (Lipinski definition) is 5. The highest BCUT2D eigenvalue weighted by atomic mass is 79.9. The first-order valence-corrected chi connectivity index (χ1v) is 10.0. The highest BCUT2D eigenvalue weighted by Crippen LogP contribution is 2.29.